The zero-order valence-electron chi connectivity index (χ0n) is 16.8. The third kappa shape index (κ3) is 3.60. The Morgan fingerprint density at radius 2 is 1.80 bits per heavy atom. The van der Waals surface area contributed by atoms with Gasteiger partial charge in [-0.15, -0.1) is 0 Å². The second kappa shape index (κ2) is 7.78. The topological polar surface area (TPSA) is 80.2 Å². The van der Waals surface area contributed by atoms with Gasteiger partial charge in [0.25, 0.3) is 11.8 Å². The molecule has 4 rings (SSSR count). The van der Waals surface area contributed by atoms with Crippen molar-refractivity contribution in [3.05, 3.63) is 59.4 Å². The van der Waals surface area contributed by atoms with Crippen LogP contribution in [0.25, 0.3) is 0 Å². The molecule has 7 nitrogen and oxygen atoms in total. The summed E-state index contributed by atoms with van der Waals surface area (Å²) in [6, 6.07) is 10.8. The van der Waals surface area contributed by atoms with Crippen LogP contribution >= 0.6 is 0 Å². The molecule has 1 fully saturated rings. The molecule has 1 saturated heterocycles. The van der Waals surface area contributed by atoms with Gasteiger partial charge in [0.05, 0.1) is 19.8 Å². The molecule has 2 aromatic carbocycles. The fraction of sp³-hybridized carbons (Fsp3) is 0.318. The minimum atomic E-state index is -0.735. The lowest BCUT2D eigenvalue weighted by molar-refractivity contribution is -0.115. The van der Waals surface area contributed by atoms with Crippen LogP contribution in [0.3, 0.4) is 0 Å². The molecule has 8 heteroatoms. The smallest absolute Gasteiger partial charge is 0.272 e. The lowest BCUT2D eigenvalue weighted by Crippen LogP contribution is -2.52. The first-order valence-corrected chi connectivity index (χ1v) is 9.64. The summed E-state index contributed by atoms with van der Waals surface area (Å²) in [7, 11) is 3.06. The molecule has 1 N–H and O–H groups in total. The molecule has 0 saturated carbocycles. The molecule has 0 bridgehead atoms. The molecule has 1 spiro atoms. The number of carbonyl (C=O) groups is 2. The molecule has 156 valence electrons. The first kappa shape index (κ1) is 19.9. The molecule has 30 heavy (non-hydrogen) atoms. The van der Waals surface area contributed by atoms with E-state index in [9.17, 15) is 14.0 Å². The van der Waals surface area contributed by atoms with E-state index in [0.717, 1.165) is 0 Å². The molecule has 0 radical (unpaired) electrons. The van der Waals surface area contributed by atoms with E-state index in [1.54, 1.807) is 42.3 Å². The molecule has 0 unspecified atom stereocenters. The van der Waals surface area contributed by atoms with Gasteiger partial charge in [0, 0.05) is 37.6 Å². The van der Waals surface area contributed by atoms with Crippen molar-refractivity contribution in [2.75, 3.05) is 27.3 Å². The van der Waals surface area contributed by atoms with Gasteiger partial charge in [0.2, 0.25) is 0 Å². The van der Waals surface area contributed by atoms with E-state index in [0.29, 0.717) is 54.3 Å². The first-order valence-electron chi connectivity index (χ1n) is 9.64. The molecule has 2 aliphatic heterocycles. The molecule has 0 atom stereocenters. The van der Waals surface area contributed by atoms with Crippen LogP contribution < -0.4 is 14.8 Å². The lowest BCUT2D eigenvalue weighted by atomic mass is 9.97. The van der Waals surface area contributed by atoms with Gasteiger partial charge in [0.1, 0.15) is 28.7 Å². The Labute approximate surface area is 173 Å². The molecule has 0 aromatic heterocycles. The van der Waals surface area contributed by atoms with Gasteiger partial charge in [-0.25, -0.2) is 4.39 Å². The molecular weight excluding hydrogens is 389 g/mol. The van der Waals surface area contributed by atoms with E-state index < -0.39 is 5.66 Å². The number of likely N-dealkylation sites (tertiary alicyclic amines) is 1. The monoisotopic (exact) mass is 411 g/mol. The van der Waals surface area contributed by atoms with Gasteiger partial charge in [-0.1, -0.05) is 0 Å². The highest BCUT2D eigenvalue weighted by atomic mass is 19.1. The number of rotatable bonds is 4. The summed E-state index contributed by atoms with van der Waals surface area (Å²) in [6.07, 6.45) is 0.987. The van der Waals surface area contributed by atoms with Gasteiger partial charge < -0.3 is 19.7 Å². The third-order valence-corrected chi connectivity index (χ3v) is 5.52. The van der Waals surface area contributed by atoms with Crippen molar-refractivity contribution in [2.24, 2.45) is 4.99 Å². The van der Waals surface area contributed by atoms with Gasteiger partial charge >= 0.3 is 0 Å². The van der Waals surface area contributed by atoms with Gasteiger partial charge in [-0.2, -0.15) is 0 Å². The Morgan fingerprint density at radius 1 is 1.10 bits per heavy atom. The number of hydrogen-bond donors (Lipinski definition) is 1. The summed E-state index contributed by atoms with van der Waals surface area (Å²) < 4.78 is 23.7. The van der Waals surface area contributed by atoms with Crippen molar-refractivity contribution in [3.8, 4) is 11.5 Å². The van der Waals surface area contributed by atoms with Crippen LogP contribution in [-0.4, -0.2) is 55.4 Å². The van der Waals surface area contributed by atoms with Crippen LogP contribution in [-0.2, 0) is 4.79 Å². The number of aliphatic imine (C=N–C) groups is 1. The van der Waals surface area contributed by atoms with Crippen LogP contribution in [0.1, 0.15) is 28.8 Å². The SMILES string of the molecule is COc1ccc(C(=O)N2CCC3(CC2)N=C(c2ccc(F)cc2)C(=O)N3)c(OC)c1. The Kier molecular flexibility index (Phi) is 5.15. The summed E-state index contributed by atoms with van der Waals surface area (Å²) >= 11 is 0. The molecular formula is C22H22FN3O4. The maximum atomic E-state index is 13.2. The Balaban J connectivity index is 1.49. The summed E-state index contributed by atoms with van der Waals surface area (Å²) in [6.45, 7) is 0.878. The van der Waals surface area contributed by atoms with Gasteiger partial charge in [-0.3, -0.25) is 14.6 Å². The van der Waals surface area contributed by atoms with Crippen molar-refractivity contribution < 1.29 is 23.5 Å². The standard InChI is InChI=1S/C22H22FN3O4/c1-29-16-7-8-17(18(13-16)30-2)21(28)26-11-9-22(10-12-26)24-19(20(27)25-22)14-3-5-15(23)6-4-14/h3-8,13H,9-12H2,1-2H3,(H,25,27). The fourth-order valence-corrected chi connectivity index (χ4v) is 3.83. The summed E-state index contributed by atoms with van der Waals surface area (Å²) in [5.41, 5.74) is 0.598. The maximum absolute atomic E-state index is 13.2. The van der Waals surface area contributed by atoms with Crippen LogP contribution in [0.2, 0.25) is 0 Å². The minimum absolute atomic E-state index is 0.142. The molecule has 0 aliphatic carbocycles. The largest absolute Gasteiger partial charge is 0.497 e. The van der Waals surface area contributed by atoms with Crippen molar-refractivity contribution >= 4 is 17.5 Å². The lowest BCUT2D eigenvalue weighted by Gasteiger charge is -2.37. The van der Waals surface area contributed by atoms with Crippen LogP contribution in [0.15, 0.2) is 47.5 Å². The first-order chi connectivity index (χ1) is 14.4. The van der Waals surface area contributed by atoms with Crippen molar-refractivity contribution in [1.82, 2.24) is 10.2 Å². The van der Waals surface area contributed by atoms with Gasteiger partial charge in [-0.05, 0) is 36.4 Å². The average Bonchev–Trinajstić information content (AvgIpc) is 3.09. The quantitative estimate of drug-likeness (QED) is 0.838. The Bertz CT molecular complexity index is 1010. The minimum Gasteiger partial charge on any atom is -0.497 e. The number of methoxy groups -OCH3 is 2. The second-order valence-electron chi connectivity index (χ2n) is 7.31. The van der Waals surface area contributed by atoms with E-state index >= 15 is 0 Å². The second-order valence-corrected chi connectivity index (χ2v) is 7.31. The summed E-state index contributed by atoms with van der Waals surface area (Å²) in [5, 5.41) is 2.95. The summed E-state index contributed by atoms with van der Waals surface area (Å²) in [5.74, 6) is 0.269. The number of hydrogen-bond acceptors (Lipinski definition) is 5. The van der Waals surface area contributed by atoms with E-state index in [4.69, 9.17) is 9.47 Å². The average molecular weight is 411 g/mol. The van der Waals surface area contributed by atoms with Crippen LogP contribution in [0, 0.1) is 5.82 Å². The normalized spacial score (nSPS) is 17.5. The van der Waals surface area contributed by atoms with Crippen molar-refractivity contribution in [1.29, 1.82) is 0 Å². The predicted octanol–water partition coefficient (Wildman–Crippen LogP) is 2.39. The number of carbonyl (C=O) groups excluding carboxylic acids is 2. The van der Waals surface area contributed by atoms with Crippen LogP contribution in [0.5, 0.6) is 11.5 Å². The highest BCUT2D eigenvalue weighted by Crippen LogP contribution is 2.31. The van der Waals surface area contributed by atoms with Crippen molar-refractivity contribution in [3.63, 3.8) is 0 Å². The van der Waals surface area contributed by atoms with Crippen molar-refractivity contribution in [2.45, 2.75) is 18.5 Å². The fourth-order valence-electron chi connectivity index (χ4n) is 3.83. The van der Waals surface area contributed by atoms with E-state index in [1.807, 2.05) is 0 Å². The van der Waals surface area contributed by atoms with E-state index in [1.165, 1.54) is 19.2 Å². The van der Waals surface area contributed by atoms with Crippen LogP contribution in [0.4, 0.5) is 4.39 Å². The molecule has 2 aromatic rings. The number of halogens is 1. The summed E-state index contributed by atoms with van der Waals surface area (Å²) in [4.78, 5) is 31.8. The van der Waals surface area contributed by atoms with E-state index in [-0.39, 0.29) is 17.6 Å². The highest BCUT2D eigenvalue weighted by Gasteiger charge is 2.43. The maximum Gasteiger partial charge on any atom is 0.272 e. The third-order valence-electron chi connectivity index (χ3n) is 5.52. The molecule has 2 heterocycles. The Hall–Kier alpha value is -3.42. The number of nitrogens with zero attached hydrogens (tertiary/aromatic N) is 2. The van der Waals surface area contributed by atoms with E-state index in [2.05, 4.69) is 10.3 Å². The zero-order valence-corrected chi connectivity index (χ0v) is 16.8. The number of piperidine rings is 1. The molecule has 2 aliphatic rings. The highest BCUT2D eigenvalue weighted by molar-refractivity contribution is 6.46. The molecule has 2 amide bonds. The predicted molar refractivity (Wildman–Crippen MR) is 108 cm³/mol. The zero-order chi connectivity index (χ0) is 21.3. The Morgan fingerprint density at radius 3 is 2.43 bits per heavy atom. The number of ether oxygens (including phenoxy) is 2. The number of nitrogens with one attached hydrogen (secondary N) is 1. The number of amides is 2. The number of benzene rings is 2. The van der Waals surface area contributed by atoms with Gasteiger partial charge in [0.15, 0.2) is 0 Å².